The van der Waals surface area contributed by atoms with Crippen LogP contribution in [-0.2, 0) is 0 Å². The number of nitrogens with one attached hydrogen (secondary N) is 1. The minimum atomic E-state index is 0.424. The predicted octanol–water partition coefficient (Wildman–Crippen LogP) is 5.05. The Labute approximate surface area is 116 Å². The summed E-state index contributed by atoms with van der Waals surface area (Å²) in [5, 5.41) is 5.80. The van der Waals surface area contributed by atoms with E-state index in [0.29, 0.717) is 6.04 Å². The lowest BCUT2D eigenvalue weighted by atomic mass is 10.0. The van der Waals surface area contributed by atoms with E-state index in [4.69, 9.17) is 0 Å². The molecule has 17 heavy (non-hydrogen) atoms. The van der Waals surface area contributed by atoms with E-state index >= 15 is 0 Å². The zero-order valence-electron chi connectivity index (χ0n) is 10.3. The maximum Gasteiger partial charge on any atom is 0.0641 e. The van der Waals surface area contributed by atoms with Gasteiger partial charge in [-0.25, -0.2) is 0 Å². The second kappa shape index (κ2) is 6.72. The van der Waals surface area contributed by atoms with Crippen LogP contribution in [0.15, 0.2) is 27.6 Å². The number of hydrogen-bond acceptors (Lipinski definition) is 2. The second-order valence-electron chi connectivity index (χ2n) is 4.50. The minimum Gasteiger partial charge on any atom is -0.306 e. The smallest absolute Gasteiger partial charge is 0.0641 e. The van der Waals surface area contributed by atoms with Crippen LogP contribution in [0.4, 0.5) is 0 Å². The summed E-state index contributed by atoms with van der Waals surface area (Å²) in [6, 6.07) is 2.58. The topological polar surface area (TPSA) is 12.0 Å². The molecule has 0 saturated heterocycles. The van der Waals surface area contributed by atoms with Crippen molar-refractivity contribution in [2.24, 2.45) is 0 Å². The molecular weight excluding hydrogens is 294 g/mol. The highest BCUT2D eigenvalue weighted by molar-refractivity contribution is 9.10. The Balaban J connectivity index is 2.22. The molecule has 1 N–H and O–H groups in total. The number of hydrogen-bond donors (Lipinski definition) is 1. The van der Waals surface area contributed by atoms with Crippen molar-refractivity contribution in [2.45, 2.75) is 45.1 Å². The summed E-state index contributed by atoms with van der Waals surface area (Å²) in [4.78, 5) is 1.43. The number of halogens is 1. The van der Waals surface area contributed by atoms with Gasteiger partial charge >= 0.3 is 0 Å². The lowest BCUT2D eigenvalue weighted by Crippen LogP contribution is -2.22. The van der Waals surface area contributed by atoms with Crippen LogP contribution in [0.5, 0.6) is 0 Å². The summed E-state index contributed by atoms with van der Waals surface area (Å²) in [5.41, 5.74) is 1.59. The lowest BCUT2D eigenvalue weighted by Gasteiger charge is -2.20. The molecule has 1 aromatic heterocycles. The van der Waals surface area contributed by atoms with E-state index in [9.17, 15) is 0 Å². The van der Waals surface area contributed by atoms with Gasteiger partial charge in [0.05, 0.1) is 6.04 Å². The van der Waals surface area contributed by atoms with Crippen molar-refractivity contribution in [3.63, 3.8) is 0 Å². The molecule has 0 bridgehead atoms. The normalized spacial score (nSPS) is 18.6. The zero-order chi connectivity index (χ0) is 12.1. The van der Waals surface area contributed by atoms with E-state index in [1.807, 2.05) is 11.3 Å². The Morgan fingerprint density at radius 2 is 2.29 bits per heavy atom. The zero-order valence-corrected chi connectivity index (χ0v) is 12.7. The molecule has 3 heteroatoms. The Morgan fingerprint density at radius 3 is 3.00 bits per heavy atom. The highest BCUT2D eigenvalue weighted by Crippen LogP contribution is 2.36. The first kappa shape index (κ1) is 13.3. The Hall–Kier alpha value is -0.120. The fraction of sp³-hybridized carbons (Fsp3) is 0.571. The van der Waals surface area contributed by atoms with E-state index in [2.05, 4.69) is 45.7 Å². The molecule has 0 saturated carbocycles. The Kier molecular flexibility index (Phi) is 5.26. The highest BCUT2D eigenvalue weighted by atomic mass is 79.9. The fourth-order valence-electron chi connectivity index (χ4n) is 2.41. The summed E-state index contributed by atoms with van der Waals surface area (Å²) in [6.07, 6.45) is 9.05. The molecule has 0 radical (unpaired) electrons. The van der Waals surface area contributed by atoms with Crippen molar-refractivity contribution in [3.8, 4) is 0 Å². The highest BCUT2D eigenvalue weighted by Gasteiger charge is 2.19. The van der Waals surface area contributed by atoms with Gasteiger partial charge in [0.25, 0.3) is 0 Å². The third-order valence-electron chi connectivity index (χ3n) is 3.26. The van der Waals surface area contributed by atoms with Crippen molar-refractivity contribution < 1.29 is 0 Å². The molecule has 1 aromatic rings. The van der Waals surface area contributed by atoms with Crippen molar-refractivity contribution in [1.29, 1.82) is 0 Å². The van der Waals surface area contributed by atoms with Crippen LogP contribution in [0.1, 0.15) is 49.9 Å². The number of rotatable bonds is 4. The van der Waals surface area contributed by atoms with Crippen LogP contribution in [-0.4, -0.2) is 6.54 Å². The van der Waals surface area contributed by atoms with E-state index in [0.717, 1.165) is 6.54 Å². The molecule has 2 rings (SSSR count). The Morgan fingerprint density at radius 1 is 1.41 bits per heavy atom. The first-order valence-electron chi connectivity index (χ1n) is 6.48. The van der Waals surface area contributed by atoms with Crippen molar-refractivity contribution in [2.75, 3.05) is 6.54 Å². The lowest BCUT2D eigenvalue weighted by molar-refractivity contribution is 0.595. The first-order chi connectivity index (χ1) is 8.33. The van der Waals surface area contributed by atoms with Gasteiger partial charge in [-0.1, -0.05) is 25.0 Å². The van der Waals surface area contributed by atoms with Gasteiger partial charge in [-0.05, 0) is 59.6 Å². The quantitative estimate of drug-likeness (QED) is 0.767. The van der Waals surface area contributed by atoms with Gasteiger partial charge in [0, 0.05) is 9.35 Å². The molecule has 0 amide bonds. The van der Waals surface area contributed by atoms with Gasteiger partial charge < -0.3 is 5.32 Å². The van der Waals surface area contributed by atoms with Crippen LogP contribution in [0.3, 0.4) is 0 Å². The first-order valence-corrected chi connectivity index (χ1v) is 8.15. The van der Waals surface area contributed by atoms with E-state index in [1.54, 1.807) is 5.57 Å². The summed E-state index contributed by atoms with van der Waals surface area (Å²) in [5.74, 6) is 0. The monoisotopic (exact) mass is 313 g/mol. The predicted molar refractivity (Wildman–Crippen MR) is 79.6 cm³/mol. The molecule has 1 heterocycles. The molecule has 0 spiro atoms. The SMILES string of the molecule is CCNC(C1=CCCCCC1)c1sccc1Br. The van der Waals surface area contributed by atoms with E-state index in [1.165, 1.54) is 41.5 Å². The standard InChI is InChI=1S/C14H20BrNS/c1-2-16-13(14-12(15)9-10-17-14)11-7-5-3-4-6-8-11/h7,9-10,13,16H,2-6,8H2,1H3. The van der Waals surface area contributed by atoms with Gasteiger partial charge in [0.1, 0.15) is 0 Å². The summed E-state index contributed by atoms with van der Waals surface area (Å²) >= 11 is 5.51. The van der Waals surface area contributed by atoms with Crippen molar-refractivity contribution >= 4 is 27.3 Å². The summed E-state index contributed by atoms with van der Waals surface area (Å²) in [6.45, 7) is 3.21. The summed E-state index contributed by atoms with van der Waals surface area (Å²) in [7, 11) is 0. The third kappa shape index (κ3) is 3.43. The van der Waals surface area contributed by atoms with Crippen LogP contribution in [0.2, 0.25) is 0 Å². The van der Waals surface area contributed by atoms with Gasteiger partial charge in [0.2, 0.25) is 0 Å². The largest absolute Gasteiger partial charge is 0.306 e. The molecule has 0 aliphatic heterocycles. The number of likely N-dealkylation sites (N-methyl/N-ethyl adjacent to an activating group) is 1. The average Bonchev–Trinajstić information content (AvgIpc) is 2.60. The number of allylic oxidation sites excluding steroid dienone is 1. The maximum absolute atomic E-state index is 3.67. The molecular formula is C14H20BrNS. The fourth-order valence-corrected chi connectivity index (χ4v) is 4.13. The Bertz CT molecular complexity index is 383. The molecule has 1 aliphatic rings. The van der Waals surface area contributed by atoms with Gasteiger partial charge in [-0.15, -0.1) is 11.3 Å². The van der Waals surface area contributed by atoms with Crippen LogP contribution in [0, 0.1) is 0 Å². The van der Waals surface area contributed by atoms with E-state index in [-0.39, 0.29) is 0 Å². The molecule has 1 aliphatic carbocycles. The van der Waals surface area contributed by atoms with Gasteiger partial charge in [-0.3, -0.25) is 0 Å². The number of thiophene rings is 1. The molecule has 1 unspecified atom stereocenters. The maximum atomic E-state index is 3.67. The van der Waals surface area contributed by atoms with Crippen molar-refractivity contribution in [3.05, 3.63) is 32.4 Å². The molecule has 1 nitrogen and oxygen atoms in total. The molecule has 1 atom stereocenters. The van der Waals surface area contributed by atoms with E-state index < -0.39 is 0 Å². The molecule has 94 valence electrons. The second-order valence-corrected chi connectivity index (χ2v) is 6.30. The van der Waals surface area contributed by atoms with Gasteiger partial charge in [-0.2, -0.15) is 0 Å². The summed E-state index contributed by atoms with van der Waals surface area (Å²) < 4.78 is 1.25. The minimum absolute atomic E-state index is 0.424. The van der Waals surface area contributed by atoms with Crippen LogP contribution >= 0.6 is 27.3 Å². The van der Waals surface area contributed by atoms with Gasteiger partial charge in [0.15, 0.2) is 0 Å². The average molecular weight is 314 g/mol. The third-order valence-corrected chi connectivity index (χ3v) is 5.20. The van der Waals surface area contributed by atoms with Crippen LogP contribution < -0.4 is 5.32 Å². The molecule has 0 fully saturated rings. The molecule has 0 aromatic carbocycles. The van der Waals surface area contributed by atoms with Crippen LogP contribution in [0.25, 0.3) is 0 Å². The van der Waals surface area contributed by atoms with Crippen molar-refractivity contribution in [1.82, 2.24) is 5.32 Å².